The minimum Gasteiger partial charge on any atom is -0.385 e. The van der Waals surface area contributed by atoms with Crippen molar-refractivity contribution >= 4 is 11.8 Å². The first-order valence-corrected chi connectivity index (χ1v) is 6.34. The molecular weight excluding hydrogens is 192 g/mol. The molecule has 2 aliphatic rings. The van der Waals surface area contributed by atoms with E-state index in [-0.39, 0.29) is 0 Å². The SMILES string of the molecule is OC1(c2ccc(C3CSC3)cc2)CC1. The van der Waals surface area contributed by atoms with Crippen molar-refractivity contribution in [1.82, 2.24) is 0 Å². The number of hydrogen-bond acceptors (Lipinski definition) is 2. The Kier molecular flexibility index (Phi) is 1.89. The smallest absolute Gasteiger partial charge is 0.0899 e. The second kappa shape index (κ2) is 3.01. The van der Waals surface area contributed by atoms with Crippen LogP contribution in [-0.4, -0.2) is 16.6 Å². The van der Waals surface area contributed by atoms with E-state index in [1.54, 1.807) is 0 Å². The minimum absolute atomic E-state index is 0.465. The van der Waals surface area contributed by atoms with Gasteiger partial charge in [-0.15, -0.1) is 0 Å². The van der Waals surface area contributed by atoms with Gasteiger partial charge in [0.15, 0.2) is 0 Å². The minimum atomic E-state index is -0.465. The van der Waals surface area contributed by atoms with Gasteiger partial charge in [-0.05, 0) is 24.0 Å². The van der Waals surface area contributed by atoms with Gasteiger partial charge in [-0.25, -0.2) is 0 Å². The van der Waals surface area contributed by atoms with Crippen LogP contribution >= 0.6 is 11.8 Å². The third kappa shape index (κ3) is 1.37. The van der Waals surface area contributed by atoms with Crippen LogP contribution in [-0.2, 0) is 5.60 Å². The van der Waals surface area contributed by atoms with Gasteiger partial charge in [0.05, 0.1) is 5.60 Å². The molecule has 1 aliphatic carbocycles. The van der Waals surface area contributed by atoms with Gasteiger partial charge >= 0.3 is 0 Å². The van der Waals surface area contributed by atoms with Crippen molar-refractivity contribution in [3.8, 4) is 0 Å². The lowest BCUT2D eigenvalue weighted by molar-refractivity contribution is 0.151. The second-order valence-corrected chi connectivity index (χ2v) is 5.46. The fourth-order valence-electron chi connectivity index (χ4n) is 1.90. The summed E-state index contributed by atoms with van der Waals surface area (Å²) in [5, 5.41) is 9.90. The zero-order valence-corrected chi connectivity index (χ0v) is 8.89. The number of hydrogen-bond donors (Lipinski definition) is 1. The molecule has 1 saturated carbocycles. The number of aliphatic hydroxyl groups is 1. The van der Waals surface area contributed by atoms with Crippen LogP contribution < -0.4 is 0 Å². The average Bonchev–Trinajstić information content (AvgIpc) is 2.83. The first-order chi connectivity index (χ1) is 6.78. The summed E-state index contributed by atoms with van der Waals surface area (Å²) in [7, 11) is 0. The number of thioether (sulfide) groups is 1. The van der Waals surface area contributed by atoms with Crippen LogP contribution in [0.1, 0.15) is 29.9 Å². The molecule has 14 heavy (non-hydrogen) atoms. The topological polar surface area (TPSA) is 20.2 Å². The van der Waals surface area contributed by atoms with Crippen molar-refractivity contribution in [2.45, 2.75) is 24.4 Å². The Balaban J connectivity index is 1.83. The Bertz CT molecular complexity index is 336. The van der Waals surface area contributed by atoms with Crippen LogP contribution in [0.2, 0.25) is 0 Å². The van der Waals surface area contributed by atoms with Gasteiger partial charge in [0.1, 0.15) is 0 Å². The van der Waals surface area contributed by atoms with Crippen LogP contribution in [0.25, 0.3) is 0 Å². The van der Waals surface area contributed by atoms with Gasteiger partial charge in [0.25, 0.3) is 0 Å². The highest BCUT2D eigenvalue weighted by molar-refractivity contribution is 8.00. The summed E-state index contributed by atoms with van der Waals surface area (Å²) in [6.45, 7) is 0. The van der Waals surface area contributed by atoms with Crippen molar-refractivity contribution in [1.29, 1.82) is 0 Å². The molecule has 3 rings (SSSR count). The van der Waals surface area contributed by atoms with Crippen molar-refractivity contribution in [2.75, 3.05) is 11.5 Å². The summed E-state index contributed by atoms with van der Waals surface area (Å²) < 4.78 is 0. The van der Waals surface area contributed by atoms with Crippen molar-refractivity contribution in [3.05, 3.63) is 35.4 Å². The summed E-state index contributed by atoms with van der Waals surface area (Å²) >= 11 is 2.01. The lowest BCUT2D eigenvalue weighted by atomic mass is 9.98. The molecule has 0 bridgehead atoms. The van der Waals surface area contributed by atoms with Gasteiger partial charge < -0.3 is 5.11 Å². The fourth-order valence-corrected chi connectivity index (χ4v) is 2.76. The molecule has 2 fully saturated rings. The van der Waals surface area contributed by atoms with E-state index in [4.69, 9.17) is 0 Å². The normalized spacial score (nSPS) is 24.4. The maximum Gasteiger partial charge on any atom is 0.0899 e. The standard InChI is InChI=1S/C12H14OS/c13-12(5-6-12)11-3-1-9(2-4-11)10-7-14-8-10/h1-4,10,13H,5-8H2. The first-order valence-electron chi connectivity index (χ1n) is 5.18. The van der Waals surface area contributed by atoms with Gasteiger partial charge in [-0.1, -0.05) is 24.3 Å². The first kappa shape index (κ1) is 8.81. The zero-order chi connectivity index (χ0) is 9.60. The molecule has 2 heteroatoms. The van der Waals surface area contributed by atoms with Crippen molar-refractivity contribution in [3.63, 3.8) is 0 Å². The molecule has 1 heterocycles. The van der Waals surface area contributed by atoms with Crippen LogP contribution in [0.15, 0.2) is 24.3 Å². The molecule has 1 aromatic carbocycles. The maximum absolute atomic E-state index is 9.90. The molecule has 0 atom stereocenters. The summed E-state index contributed by atoms with van der Waals surface area (Å²) in [4.78, 5) is 0. The average molecular weight is 206 g/mol. The van der Waals surface area contributed by atoms with E-state index in [0.29, 0.717) is 0 Å². The predicted octanol–water partition coefficient (Wildman–Crippen LogP) is 2.50. The van der Waals surface area contributed by atoms with Crippen LogP contribution in [0.5, 0.6) is 0 Å². The van der Waals surface area contributed by atoms with E-state index in [1.165, 1.54) is 17.1 Å². The highest BCUT2D eigenvalue weighted by atomic mass is 32.2. The summed E-state index contributed by atoms with van der Waals surface area (Å²) in [5.74, 6) is 3.30. The summed E-state index contributed by atoms with van der Waals surface area (Å²) in [5.41, 5.74) is 2.08. The van der Waals surface area contributed by atoms with Crippen LogP contribution in [0, 0.1) is 0 Å². The maximum atomic E-state index is 9.90. The van der Waals surface area contributed by atoms with Gasteiger partial charge in [-0.3, -0.25) is 0 Å². The molecule has 74 valence electrons. The van der Waals surface area contributed by atoms with Crippen molar-refractivity contribution in [2.24, 2.45) is 0 Å². The molecule has 0 amide bonds. The Hall–Kier alpha value is -0.470. The molecule has 0 aromatic heterocycles. The fraction of sp³-hybridized carbons (Fsp3) is 0.500. The van der Waals surface area contributed by atoms with Gasteiger partial charge in [0, 0.05) is 17.4 Å². The van der Waals surface area contributed by atoms with E-state index < -0.39 is 5.60 Å². The van der Waals surface area contributed by atoms with Crippen molar-refractivity contribution < 1.29 is 5.11 Å². The van der Waals surface area contributed by atoms with Gasteiger partial charge in [0.2, 0.25) is 0 Å². The molecule has 0 radical (unpaired) electrons. The second-order valence-electron chi connectivity index (χ2n) is 4.39. The highest BCUT2D eigenvalue weighted by Gasteiger charge is 2.41. The summed E-state index contributed by atoms with van der Waals surface area (Å²) in [6.07, 6.45) is 1.87. The molecule has 1 nitrogen and oxygen atoms in total. The molecule has 1 aromatic rings. The van der Waals surface area contributed by atoms with E-state index >= 15 is 0 Å². The molecule has 0 spiro atoms. The highest BCUT2D eigenvalue weighted by Crippen LogP contribution is 2.45. The Morgan fingerprint density at radius 1 is 1.14 bits per heavy atom. The lowest BCUT2D eigenvalue weighted by Crippen LogP contribution is -2.15. The molecule has 1 N–H and O–H groups in total. The lowest BCUT2D eigenvalue weighted by Gasteiger charge is -2.25. The predicted molar refractivity (Wildman–Crippen MR) is 59.6 cm³/mol. The van der Waals surface area contributed by atoms with Gasteiger partial charge in [-0.2, -0.15) is 11.8 Å². The van der Waals surface area contributed by atoms with E-state index in [9.17, 15) is 5.11 Å². The van der Waals surface area contributed by atoms with Crippen LogP contribution in [0.4, 0.5) is 0 Å². The van der Waals surface area contributed by atoms with Crippen LogP contribution in [0.3, 0.4) is 0 Å². The molecule has 1 saturated heterocycles. The van der Waals surface area contributed by atoms with E-state index in [2.05, 4.69) is 24.3 Å². The number of rotatable bonds is 2. The monoisotopic (exact) mass is 206 g/mol. The summed E-state index contributed by atoms with van der Waals surface area (Å²) in [6, 6.07) is 8.59. The Morgan fingerprint density at radius 2 is 1.79 bits per heavy atom. The van der Waals surface area contributed by atoms with E-state index in [0.717, 1.165) is 24.3 Å². The van der Waals surface area contributed by atoms with E-state index in [1.807, 2.05) is 11.8 Å². The molecular formula is C12H14OS. The third-order valence-electron chi connectivity index (χ3n) is 3.28. The Labute approximate surface area is 88.5 Å². The Morgan fingerprint density at radius 3 is 2.21 bits per heavy atom. The third-order valence-corrected chi connectivity index (χ3v) is 4.56. The largest absolute Gasteiger partial charge is 0.385 e. The molecule has 1 aliphatic heterocycles. The number of benzene rings is 1. The molecule has 0 unspecified atom stereocenters. The quantitative estimate of drug-likeness (QED) is 0.802. The zero-order valence-electron chi connectivity index (χ0n) is 8.07.